The van der Waals surface area contributed by atoms with Crippen LogP contribution in [0.4, 0.5) is 0 Å². The monoisotopic (exact) mass is 395 g/mol. The minimum Gasteiger partial charge on any atom is -0.356 e. The van der Waals surface area contributed by atoms with Crippen LogP contribution >= 0.6 is 0 Å². The van der Waals surface area contributed by atoms with E-state index in [-0.39, 0.29) is 28.7 Å². The van der Waals surface area contributed by atoms with Crippen molar-refractivity contribution in [3.63, 3.8) is 0 Å². The predicted molar refractivity (Wildman–Crippen MR) is 104 cm³/mol. The number of carbonyl (C=O) groups excluding carboxylic acids is 2. The molecule has 0 aliphatic carbocycles. The molecule has 2 amide bonds. The molecule has 8 heteroatoms. The molecular weight excluding hydrogens is 366 g/mol. The molecule has 1 heterocycles. The van der Waals surface area contributed by atoms with Gasteiger partial charge in [0.1, 0.15) is 0 Å². The first kappa shape index (κ1) is 21.4. The Morgan fingerprint density at radius 3 is 2.44 bits per heavy atom. The highest BCUT2D eigenvalue weighted by atomic mass is 32.2. The van der Waals surface area contributed by atoms with Crippen LogP contribution in [0.1, 0.15) is 44.0 Å². The van der Waals surface area contributed by atoms with Crippen LogP contribution in [-0.4, -0.2) is 62.2 Å². The summed E-state index contributed by atoms with van der Waals surface area (Å²) in [6, 6.07) is 5.85. The number of hydrogen-bond donors (Lipinski definition) is 1. The molecule has 0 radical (unpaired) electrons. The quantitative estimate of drug-likeness (QED) is 0.794. The number of piperidine rings is 1. The molecule has 2 rings (SSSR count). The third-order valence-corrected chi connectivity index (χ3v) is 6.98. The summed E-state index contributed by atoms with van der Waals surface area (Å²) in [5, 5.41) is 2.81. The summed E-state index contributed by atoms with van der Waals surface area (Å²) < 4.78 is 26.3. The maximum absolute atomic E-state index is 12.8. The summed E-state index contributed by atoms with van der Waals surface area (Å²) in [4.78, 5) is 26.7. The van der Waals surface area contributed by atoms with E-state index in [0.717, 1.165) is 12.8 Å². The van der Waals surface area contributed by atoms with Gasteiger partial charge in [-0.2, -0.15) is 4.31 Å². The molecule has 0 aromatic heterocycles. The fourth-order valence-electron chi connectivity index (χ4n) is 3.09. The second-order valence-corrected chi connectivity index (χ2v) is 9.12. The Labute approximate surface area is 161 Å². The van der Waals surface area contributed by atoms with Crippen LogP contribution in [-0.2, 0) is 14.8 Å². The molecule has 150 valence electrons. The van der Waals surface area contributed by atoms with Gasteiger partial charge in [-0.25, -0.2) is 8.42 Å². The lowest BCUT2D eigenvalue weighted by molar-refractivity contribution is -0.126. The van der Waals surface area contributed by atoms with Crippen LogP contribution < -0.4 is 5.32 Å². The third-order valence-electron chi connectivity index (χ3n) is 4.94. The van der Waals surface area contributed by atoms with Gasteiger partial charge in [0.25, 0.3) is 5.91 Å². The molecular formula is C19H29N3O4S. The molecule has 27 heavy (non-hydrogen) atoms. The smallest absolute Gasteiger partial charge is 0.253 e. The summed E-state index contributed by atoms with van der Waals surface area (Å²) in [7, 11) is -2.04. The minimum absolute atomic E-state index is 0.0202. The largest absolute Gasteiger partial charge is 0.356 e. The summed E-state index contributed by atoms with van der Waals surface area (Å²) >= 11 is 0. The number of nitrogens with zero attached hydrogens (tertiary/aromatic N) is 2. The SMILES string of the molecule is CCNC(=O)C1CCCN(C(=O)c2ccc(S(=O)(=O)N(C)C(C)C)cc2)C1. The van der Waals surface area contributed by atoms with E-state index in [0.29, 0.717) is 25.2 Å². The number of nitrogens with one attached hydrogen (secondary N) is 1. The first-order valence-electron chi connectivity index (χ1n) is 9.33. The fraction of sp³-hybridized carbons (Fsp3) is 0.579. The first-order chi connectivity index (χ1) is 12.7. The van der Waals surface area contributed by atoms with Crippen molar-refractivity contribution in [3.8, 4) is 0 Å². The highest BCUT2D eigenvalue weighted by Crippen LogP contribution is 2.21. The maximum Gasteiger partial charge on any atom is 0.253 e. The lowest BCUT2D eigenvalue weighted by atomic mass is 9.96. The Morgan fingerprint density at radius 2 is 1.89 bits per heavy atom. The minimum atomic E-state index is -3.58. The van der Waals surface area contributed by atoms with E-state index < -0.39 is 10.0 Å². The van der Waals surface area contributed by atoms with Gasteiger partial charge in [-0.3, -0.25) is 9.59 Å². The van der Waals surface area contributed by atoms with Crippen molar-refractivity contribution < 1.29 is 18.0 Å². The zero-order valence-electron chi connectivity index (χ0n) is 16.4. The summed E-state index contributed by atoms with van der Waals surface area (Å²) in [6.07, 6.45) is 1.55. The Kier molecular flexibility index (Phi) is 7.00. The summed E-state index contributed by atoms with van der Waals surface area (Å²) in [6.45, 7) is 7.04. The molecule has 1 unspecified atom stereocenters. The molecule has 1 aromatic carbocycles. The van der Waals surface area contributed by atoms with E-state index in [1.165, 1.54) is 23.5 Å². The van der Waals surface area contributed by atoms with Gasteiger partial charge in [0.05, 0.1) is 10.8 Å². The number of rotatable bonds is 6. The Hall–Kier alpha value is -1.93. The summed E-state index contributed by atoms with van der Waals surface area (Å²) in [5.41, 5.74) is 0.428. The Balaban J connectivity index is 2.12. The Bertz CT molecular complexity index is 775. The Morgan fingerprint density at radius 1 is 1.26 bits per heavy atom. The number of benzene rings is 1. The highest BCUT2D eigenvalue weighted by Gasteiger charge is 2.29. The van der Waals surface area contributed by atoms with Crippen LogP contribution in [0.2, 0.25) is 0 Å². The average Bonchev–Trinajstić information content (AvgIpc) is 2.67. The van der Waals surface area contributed by atoms with Crippen molar-refractivity contribution in [3.05, 3.63) is 29.8 Å². The number of hydrogen-bond acceptors (Lipinski definition) is 4. The molecule has 0 bridgehead atoms. The lowest BCUT2D eigenvalue weighted by Crippen LogP contribution is -2.45. The molecule has 1 aliphatic heterocycles. The van der Waals surface area contributed by atoms with Gasteiger partial charge in [-0.15, -0.1) is 0 Å². The topological polar surface area (TPSA) is 86.8 Å². The molecule has 0 saturated carbocycles. The van der Waals surface area contributed by atoms with Gasteiger partial charge in [-0.1, -0.05) is 0 Å². The van der Waals surface area contributed by atoms with E-state index in [2.05, 4.69) is 5.32 Å². The third kappa shape index (κ3) is 4.87. The number of carbonyl (C=O) groups is 2. The highest BCUT2D eigenvalue weighted by molar-refractivity contribution is 7.89. The van der Waals surface area contributed by atoms with Crippen LogP contribution in [0.15, 0.2) is 29.2 Å². The second-order valence-electron chi connectivity index (χ2n) is 7.12. The lowest BCUT2D eigenvalue weighted by Gasteiger charge is -2.32. The van der Waals surface area contributed by atoms with E-state index in [1.807, 2.05) is 6.92 Å². The number of amides is 2. The number of likely N-dealkylation sites (tertiary alicyclic amines) is 1. The molecule has 1 saturated heterocycles. The first-order valence-corrected chi connectivity index (χ1v) is 10.8. The van der Waals surface area contributed by atoms with Crippen molar-refractivity contribution in [1.29, 1.82) is 0 Å². The van der Waals surface area contributed by atoms with Crippen LogP contribution in [0.25, 0.3) is 0 Å². The number of sulfonamides is 1. The molecule has 1 N–H and O–H groups in total. The van der Waals surface area contributed by atoms with Gasteiger partial charge in [0.2, 0.25) is 15.9 Å². The van der Waals surface area contributed by atoms with Crippen LogP contribution in [0.3, 0.4) is 0 Å². The van der Waals surface area contributed by atoms with Gasteiger partial charge in [-0.05, 0) is 57.9 Å². The van der Waals surface area contributed by atoms with Crippen molar-refractivity contribution >= 4 is 21.8 Å². The van der Waals surface area contributed by atoms with Crippen molar-refractivity contribution in [2.75, 3.05) is 26.7 Å². The van der Waals surface area contributed by atoms with Crippen molar-refractivity contribution in [2.45, 2.75) is 44.6 Å². The van der Waals surface area contributed by atoms with E-state index in [1.54, 1.807) is 30.9 Å². The van der Waals surface area contributed by atoms with Gasteiger partial charge in [0.15, 0.2) is 0 Å². The summed E-state index contributed by atoms with van der Waals surface area (Å²) in [5.74, 6) is -0.389. The zero-order chi connectivity index (χ0) is 20.2. The predicted octanol–water partition coefficient (Wildman–Crippen LogP) is 1.70. The molecule has 0 spiro atoms. The maximum atomic E-state index is 12.8. The molecule has 1 aromatic rings. The van der Waals surface area contributed by atoms with Crippen molar-refractivity contribution in [2.24, 2.45) is 5.92 Å². The standard InChI is InChI=1S/C19H29N3O4S/c1-5-20-18(23)16-7-6-12-22(13-16)19(24)15-8-10-17(11-9-15)27(25,26)21(4)14(2)3/h8-11,14,16H,5-7,12-13H2,1-4H3,(H,20,23). The molecule has 1 atom stereocenters. The fourth-order valence-corrected chi connectivity index (χ4v) is 4.46. The van der Waals surface area contributed by atoms with Gasteiger partial charge in [0, 0.05) is 38.3 Å². The molecule has 1 aliphatic rings. The molecule has 7 nitrogen and oxygen atoms in total. The zero-order valence-corrected chi connectivity index (χ0v) is 17.3. The van der Waals surface area contributed by atoms with Crippen molar-refractivity contribution in [1.82, 2.24) is 14.5 Å². The average molecular weight is 396 g/mol. The van der Waals surface area contributed by atoms with Gasteiger partial charge < -0.3 is 10.2 Å². The van der Waals surface area contributed by atoms with E-state index in [4.69, 9.17) is 0 Å². The normalized spacial score (nSPS) is 18.0. The van der Waals surface area contributed by atoms with Crippen LogP contribution in [0, 0.1) is 5.92 Å². The van der Waals surface area contributed by atoms with E-state index in [9.17, 15) is 18.0 Å². The van der Waals surface area contributed by atoms with Gasteiger partial charge >= 0.3 is 0 Å². The molecule has 1 fully saturated rings. The van der Waals surface area contributed by atoms with E-state index >= 15 is 0 Å². The second kappa shape index (κ2) is 8.84. The van der Waals surface area contributed by atoms with Crippen LogP contribution in [0.5, 0.6) is 0 Å².